The van der Waals surface area contributed by atoms with Gasteiger partial charge in [-0.1, -0.05) is 20.3 Å². The minimum Gasteiger partial charge on any atom is -0.480 e. The van der Waals surface area contributed by atoms with Crippen molar-refractivity contribution in [3.63, 3.8) is 0 Å². The molecule has 0 bridgehead atoms. The van der Waals surface area contributed by atoms with Gasteiger partial charge in [0.25, 0.3) is 0 Å². The lowest BCUT2D eigenvalue weighted by molar-refractivity contribution is -0.143. The van der Waals surface area contributed by atoms with Gasteiger partial charge in [0.1, 0.15) is 18.1 Å². The fraction of sp³-hybridized carbons (Fsp3) is 0.722. The van der Waals surface area contributed by atoms with Crippen LogP contribution in [0.1, 0.15) is 46.5 Å². The van der Waals surface area contributed by atoms with Crippen molar-refractivity contribution < 1.29 is 29.1 Å². The second-order valence-electron chi connectivity index (χ2n) is 7.32. The molecule has 11 heteroatoms. The Bertz CT molecular complexity index is 634. The molecule has 4 amide bonds. The summed E-state index contributed by atoms with van der Waals surface area (Å²) in [6.07, 6.45) is 1.62. The molecule has 0 aromatic heterocycles. The molecule has 1 aliphatic heterocycles. The van der Waals surface area contributed by atoms with Crippen LogP contribution in [0.5, 0.6) is 0 Å². The highest BCUT2D eigenvalue weighted by Crippen LogP contribution is 2.11. The molecule has 7 N–H and O–H groups in total. The molecule has 0 radical (unpaired) electrons. The lowest BCUT2D eigenvalue weighted by atomic mass is 9.97. The number of hydrogen-bond donors (Lipinski definition) is 6. The Labute approximate surface area is 169 Å². The van der Waals surface area contributed by atoms with Crippen molar-refractivity contribution in [1.29, 1.82) is 0 Å². The van der Waals surface area contributed by atoms with Gasteiger partial charge >= 0.3 is 5.97 Å². The number of primary amides is 1. The van der Waals surface area contributed by atoms with E-state index in [1.165, 1.54) is 6.92 Å². The van der Waals surface area contributed by atoms with Gasteiger partial charge in [-0.2, -0.15) is 0 Å². The molecule has 5 unspecified atom stereocenters. The molecule has 29 heavy (non-hydrogen) atoms. The predicted molar refractivity (Wildman–Crippen MR) is 103 cm³/mol. The zero-order chi connectivity index (χ0) is 22.1. The molecule has 0 aromatic rings. The first-order valence-corrected chi connectivity index (χ1v) is 9.72. The maximum atomic E-state index is 12.7. The molecular weight excluding hydrogens is 382 g/mol. The Morgan fingerprint density at radius 2 is 1.76 bits per heavy atom. The molecule has 0 aliphatic carbocycles. The van der Waals surface area contributed by atoms with Crippen LogP contribution in [0.2, 0.25) is 0 Å². The van der Waals surface area contributed by atoms with Gasteiger partial charge in [-0.25, -0.2) is 4.79 Å². The minimum atomic E-state index is -1.49. The topological polar surface area (TPSA) is 180 Å². The summed E-state index contributed by atoms with van der Waals surface area (Å²) in [5, 5.41) is 19.5. The largest absolute Gasteiger partial charge is 0.480 e. The molecular formula is C18H31N5O6. The van der Waals surface area contributed by atoms with Crippen molar-refractivity contribution in [2.75, 3.05) is 6.54 Å². The summed E-state index contributed by atoms with van der Waals surface area (Å²) in [4.78, 5) is 59.4. The molecule has 1 heterocycles. The Balaban J connectivity index is 2.73. The standard InChI is InChI=1S/C18H31N5O6/c1-4-9(2)14(23-16(26)11-6-5-7-20-11)17(27)21-10(3)15(25)22-12(18(28)29)8-13(19)24/h9-12,14,20H,4-8H2,1-3H3,(H2,19,24)(H,21,27)(H,22,25)(H,23,26)(H,28,29). The van der Waals surface area contributed by atoms with E-state index in [2.05, 4.69) is 21.3 Å². The van der Waals surface area contributed by atoms with E-state index in [9.17, 15) is 24.0 Å². The Hall–Kier alpha value is -2.69. The van der Waals surface area contributed by atoms with Gasteiger partial charge in [0.2, 0.25) is 23.6 Å². The van der Waals surface area contributed by atoms with E-state index in [0.717, 1.165) is 13.0 Å². The third kappa shape index (κ3) is 7.68. The van der Waals surface area contributed by atoms with Gasteiger partial charge in [-0.05, 0) is 32.2 Å². The van der Waals surface area contributed by atoms with E-state index >= 15 is 0 Å². The zero-order valence-electron chi connectivity index (χ0n) is 17.0. The minimum absolute atomic E-state index is 0.183. The van der Waals surface area contributed by atoms with E-state index in [1.54, 1.807) is 0 Å². The van der Waals surface area contributed by atoms with E-state index in [-0.39, 0.29) is 17.9 Å². The van der Waals surface area contributed by atoms with Crippen molar-refractivity contribution in [2.45, 2.75) is 70.6 Å². The number of nitrogens with two attached hydrogens (primary N) is 1. The van der Waals surface area contributed by atoms with Crippen LogP contribution in [-0.4, -0.2) is 65.4 Å². The highest BCUT2D eigenvalue weighted by atomic mass is 16.4. The molecule has 11 nitrogen and oxygen atoms in total. The van der Waals surface area contributed by atoms with E-state index in [0.29, 0.717) is 12.8 Å². The summed E-state index contributed by atoms with van der Waals surface area (Å²) in [5.74, 6) is -4.07. The first kappa shape index (κ1) is 24.3. The van der Waals surface area contributed by atoms with Crippen LogP contribution in [0, 0.1) is 5.92 Å². The summed E-state index contributed by atoms with van der Waals surface area (Å²) in [6, 6.07) is -3.76. The van der Waals surface area contributed by atoms with E-state index in [1.807, 2.05) is 13.8 Å². The van der Waals surface area contributed by atoms with Crippen LogP contribution in [0.3, 0.4) is 0 Å². The first-order chi connectivity index (χ1) is 13.6. The number of carboxylic acid groups (broad SMARTS) is 1. The zero-order valence-corrected chi connectivity index (χ0v) is 17.0. The molecule has 1 aliphatic rings. The summed E-state index contributed by atoms with van der Waals surface area (Å²) in [5.41, 5.74) is 4.98. The van der Waals surface area contributed by atoms with Crippen LogP contribution >= 0.6 is 0 Å². The van der Waals surface area contributed by atoms with E-state index < -0.39 is 48.2 Å². The van der Waals surface area contributed by atoms with Gasteiger partial charge < -0.3 is 32.1 Å². The van der Waals surface area contributed by atoms with Crippen LogP contribution in [0.15, 0.2) is 0 Å². The number of amides is 4. The van der Waals surface area contributed by atoms with Gasteiger partial charge in [-0.15, -0.1) is 0 Å². The van der Waals surface area contributed by atoms with Crippen LogP contribution in [-0.2, 0) is 24.0 Å². The third-order valence-electron chi connectivity index (χ3n) is 4.94. The van der Waals surface area contributed by atoms with Crippen LogP contribution in [0.25, 0.3) is 0 Å². The molecule has 0 aromatic carbocycles. The van der Waals surface area contributed by atoms with Crippen molar-refractivity contribution in [3.8, 4) is 0 Å². The quantitative estimate of drug-likeness (QED) is 0.231. The number of nitrogens with one attached hydrogen (secondary N) is 4. The second-order valence-corrected chi connectivity index (χ2v) is 7.32. The second kappa shape index (κ2) is 11.3. The lowest BCUT2D eigenvalue weighted by Gasteiger charge is -2.26. The lowest BCUT2D eigenvalue weighted by Crippen LogP contribution is -2.58. The smallest absolute Gasteiger partial charge is 0.326 e. The molecule has 1 saturated heterocycles. The Kier molecular flexibility index (Phi) is 9.53. The summed E-state index contributed by atoms with van der Waals surface area (Å²) >= 11 is 0. The third-order valence-corrected chi connectivity index (χ3v) is 4.94. The van der Waals surface area contributed by atoms with Gasteiger partial charge in [0.05, 0.1) is 12.5 Å². The molecule has 1 rings (SSSR count). The molecule has 5 atom stereocenters. The highest BCUT2D eigenvalue weighted by Gasteiger charge is 2.32. The number of carbonyl (C=O) groups excluding carboxylic acids is 4. The van der Waals surface area contributed by atoms with Crippen LogP contribution < -0.4 is 27.0 Å². The molecule has 1 fully saturated rings. The average molecular weight is 413 g/mol. The van der Waals surface area contributed by atoms with E-state index in [4.69, 9.17) is 10.8 Å². The maximum Gasteiger partial charge on any atom is 0.326 e. The Morgan fingerprint density at radius 3 is 2.24 bits per heavy atom. The molecule has 0 saturated carbocycles. The van der Waals surface area contributed by atoms with Crippen molar-refractivity contribution in [2.24, 2.45) is 11.7 Å². The number of rotatable bonds is 11. The molecule has 0 spiro atoms. The maximum absolute atomic E-state index is 12.7. The van der Waals surface area contributed by atoms with Crippen molar-refractivity contribution >= 4 is 29.6 Å². The first-order valence-electron chi connectivity index (χ1n) is 9.72. The molecule has 164 valence electrons. The SMILES string of the molecule is CCC(C)C(NC(=O)C1CCCN1)C(=O)NC(C)C(=O)NC(CC(N)=O)C(=O)O. The van der Waals surface area contributed by atoms with Gasteiger partial charge in [0, 0.05) is 0 Å². The monoisotopic (exact) mass is 413 g/mol. The highest BCUT2D eigenvalue weighted by molar-refractivity contribution is 5.94. The predicted octanol–water partition coefficient (Wildman–Crippen LogP) is -1.78. The fourth-order valence-corrected chi connectivity index (χ4v) is 2.93. The summed E-state index contributed by atoms with van der Waals surface area (Å²) in [6.45, 7) is 5.81. The summed E-state index contributed by atoms with van der Waals surface area (Å²) in [7, 11) is 0. The van der Waals surface area contributed by atoms with Gasteiger partial charge in [0.15, 0.2) is 0 Å². The average Bonchev–Trinajstić information content (AvgIpc) is 3.18. The number of hydrogen-bond acceptors (Lipinski definition) is 6. The Morgan fingerprint density at radius 1 is 1.10 bits per heavy atom. The fourth-order valence-electron chi connectivity index (χ4n) is 2.93. The van der Waals surface area contributed by atoms with Gasteiger partial charge in [-0.3, -0.25) is 19.2 Å². The summed E-state index contributed by atoms with van der Waals surface area (Å²) < 4.78 is 0. The number of carbonyl (C=O) groups is 5. The van der Waals surface area contributed by atoms with Crippen molar-refractivity contribution in [3.05, 3.63) is 0 Å². The number of aliphatic carboxylic acids is 1. The van der Waals surface area contributed by atoms with Crippen LogP contribution in [0.4, 0.5) is 0 Å². The normalized spacial score (nSPS) is 20.0. The number of carboxylic acids is 1. The van der Waals surface area contributed by atoms with Crippen molar-refractivity contribution in [1.82, 2.24) is 21.3 Å².